The number of carboxylic acids is 1. The summed E-state index contributed by atoms with van der Waals surface area (Å²) < 4.78 is 29.7. The molecule has 0 saturated heterocycles. The summed E-state index contributed by atoms with van der Waals surface area (Å²) >= 11 is 0. The number of carbonyl (C=O) groups is 1. The molecule has 1 unspecified atom stereocenters. The van der Waals surface area contributed by atoms with Crippen molar-refractivity contribution >= 4 is 16.8 Å². The van der Waals surface area contributed by atoms with E-state index in [0.717, 1.165) is 18.2 Å². The molecule has 0 bridgehead atoms. The predicted octanol–water partition coefficient (Wildman–Crippen LogP) is 1.63. The molecule has 1 N–H and O–H groups in total. The fourth-order valence-electron chi connectivity index (χ4n) is 1.03. The summed E-state index contributed by atoms with van der Waals surface area (Å²) in [4.78, 5) is 10.5. The fourth-order valence-corrected chi connectivity index (χ4v) is 2.02. The first-order valence-electron chi connectivity index (χ1n) is 4.55. The lowest BCUT2D eigenvalue weighted by Gasteiger charge is -2.04. The highest BCUT2D eigenvalue weighted by atomic mass is 32.2. The molecule has 0 aromatic heterocycles. The van der Waals surface area contributed by atoms with E-state index in [1.165, 1.54) is 0 Å². The van der Waals surface area contributed by atoms with Gasteiger partial charge in [0, 0.05) is 6.61 Å². The Kier molecular flexibility index (Phi) is 4.57. The summed E-state index contributed by atoms with van der Waals surface area (Å²) in [5.41, 5.74) is -0.0961. The van der Waals surface area contributed by atoms with Crippen LogP contribution in [0.3, 0.4) is 0 Å². The van der Waals surface area contributed by atoms with Gasteiger partial charge in [-0.1, -0.05) is 0 Å². The number of benzene rings is 1. The van der Waals surface area contributed by atoms with Crippen molar-refractivity contribution in [3.8, 4) is 0 Å². The second-order valence-corrected chi connectivity index (χ2v) is 4.27. The monoisotopic (exact) mass is 246 g/mol. The third kappa shape index (κ3) is 3.11. The fraction of sp³-hybridized carbons (Fsp3) is 0.300. The maximum absolute atomic E-state index is 13.3. The first-order chi connectivity index (χ1) is 7.56. The molecular formula is C10H11FO4S. The summed E-state index contributed by atoms with van der Waals surface area (Å²) in [6, 6.07) is 3.18. The summed E-state index contributed by atoms with van der Waals surface area (Å²) in [6.07, 6.45) is 0. The van der Waals surface area contributed by atoms with Crippen LogP contribution in [0, 0.1) is 5.82 Å². The Labute approximate surface area is 94.5 Å². The SMILES string of the molecule is CCOCS(=O)c1cc(C(=O)O)ccc1F. The minimum absolute atomic E-state index is 0.0961. The zero-order chi connectivity index (χ0) is 12.1. The zero-order valence-corrected chi connectivity index (χ0v) is 9.42. The van der Waals surface area contributed by atoms with Crippen LogP contribution in [0.5, 0.6) is 0 Å². The Hall–Kier alpha value is -1.27. The largest absolute Gasteiger partial charge is 0.478 e. The topological polar surface area (TPSA) is 63.6 Å². The molecule has 1 aromatic rings. The highest BCUT2D eigenvalue weighted by Crippen LogP contribution is 2.15. The highest BCUT2D eigenvalue weighted by Gasteiger charge is 2.13. The lowest BCUT2D eigenvalue weighted by atomic mass is 10.2. The maximum atomic E-state index is 13.3. The standard InChI is InChI=1S/C10H11FO4S/c1-2-15-6-16(14)9-5-7(10(12)13)3-4-8(9)11/h3-5H,2,6H2,1H3,(H,12,13). The Bertz CT molecular complexity index is 419. The van der Waals surface area contributed by atoms with Crippen molar-refractivity contribution in [2.45, 2.75) is 11.8 Å². The Morgan fingerprint density at radius 2 is 2.25 bits per heavy atom. The first kappa shape index (κ1) is 12.8. The van der Waals surface area contributed by atoms with Crippen LogP contribution in [-0.2, 0) is 15.5 Å². The molecule has 6 heteroatoms. The summed E-state index contributed by atoms with van der Waals surface area (Å²) in [5.74, 6) is -2.02. The van der Waals surface area contributed by atoms with E-state index < -0.39 is 22.6 Å². The van der Waals surface area contributed by atoms with E-state index in [9.17, 15) is 13.4 Å². The van der Waals surface area contributed by atoms with Gasteiger partial charge in [0.05, 0.1) is 21.3 Å². The molecule has 0 aliphatic carbocycles. The number of ether oxygens (including phenoxy) is 1. The van der Waals surface area contributed by atoms with Crippen molar-refractivity contribution in [3.05, 3.63) is 29.6 Å². The van der Waals surface area contributed by atoms with Crippen molar-refractivity contribution in [1.82, 2.24) is 0 Å². The molecule has 0 spiro atoms. The molecule has 0 amide bonds. The van der Waals surface area contributed by atoms with Crippen LogP contribution in [0.1, 0.15) is 17.3 Å². The molecule has 0 aliphatic rings. The predicted molar refractivity (Wildman–Crippen MR) is 56.3 cm³/mol. The smallest absolute Gasteiger partial charge is 0.335 e. The van der Waals surface area contributed by atoms with Crippen LogP contribution in [0.4, 0.5) is 4.39 Å². The van der Waals surface area contributed by atoms with Gasteiger partial charge in [0.25, 0.3) is 0 Å². The normalized spacial score (nSPS) is 12.4. The van der Waals surface area contributed by atoms with Gasteiger partial charge in [-0.2, -0.15) is 0 Å². The minimum Gasteiger partial charge on any atom is -0.478 e. The van der Waals surface area contributed by atoms with Gasteiger partial charge in [-0.25, -0.2) is 9.18 Å². The lowest BCUT2D eigenvalue weighted by molar-refractivity contribution is 0.0696. The molecule has 4 nitrogen and oxygen atoms in total. The van der Waals surface area contributed by atoms with Gasteiger partial charge < -0.3 is 9.84 Å². The number of hydrogen-bond acceptors (Lipinski definition) is 3. The first-order valence-corrected chi connectivity index (χ1v) is 5.87. The Morgan fingerprint density at radius 3 is 2.81 bits per heavy atom. The number of halogens is 1. The second kappa shape index (κ2) is 5.72. The Morgan fingerprint density at radius 1 is 1.56 bits per heavy atom. The van der Waals surface area contributed by atoms with E-state index in [-0.39, 0.29) is 16.4 Å². The van der Waals surface area contributed by atoms with E-state index in [0.29, 0.717) is 6.61 Å². The average molecular weight is 246 g/mol. The van der Waals surface area contributed by atoms with Crippen LogP contribution in [0.15, 0.2) is 23.1 Å². The lowest BCUT2D eigenvalue weighted by Crippen LogP contribution is -2.06. The van der Waals surface area contributed by atoms with Gasteiger partial charge in [0.15, 0.2) is 0 Å². The number of rotatable bonds is 5. The quantitative estimate of drug-likeness (QED) is 0.857. The average Bonchev–Trinajstić information content (AvgIpc) is 2.26. The van der Waals surface area contributed by atoms with Crippen molar-refractivity contribution < 1.29 is 23.2 Å². The van der Waals surface area contributed by atoms with Gasteiger partial charge in [-0.15, -0.1) is 0 Å². The number of carboxylic acid groups (broad SMARTS) is 1. The molecule has 0 aliphatic heterocycles. The van der Waals surface area contributed by atoms with Crippen LogP contribution >= 0.6 is 0 Å². The minimum atomic E-state index is -1.68. The summed E-state index contributed by atoms with van der Waals surface area (Å²) in [5, 5.41) is 8.71. The molecule has 0 fully saturated rings. The van der Waals surface area contributed by atoms with Crippen molar-refractivity contribution in [2.24, 2.45) is 0 Å². The Balaban J connectivity index is 2.97. The van der Waals surface area contributed by atoms with Crippen LogP contribution < -0.4 is 0 Å². The van der Waals surface area contributed by atoms with Gasteiger partial charge in [-0.05, 0) is 25.1 Å². The van der Waals surface area contributed by atoms with Crippen LogP contribution in [0.25, 0.3) is 0 Å². The zero-order valence-electron chi connectivity index (χ0n) is 8.60. The van der Waals surface area contributed by atoms with Gasteiger partial charge in [0.2, 0.25) is 0 Å². The van der Waals surface area contributed by atoms with Crippen LogP contribution in [-0.4, -0.2) is 27.8 Å². The second-order valence-electron chi connectivity index (χ2n) is 2.91. The van der Waals surface area contributed by atoms with E-state index in [1.807, 2.05) is 0 Å². The van der Waals surface area contributed by atoms with E-state index in [4.69, 9.17) is 9.84 Å². The molecule has 16 heavy (non-hydrogen) atoms. The number of aromatic carboxylic acids is 1. The number of hydrogen-bond donors (Lipinski definition) is 1. The molecule has 1 rings (SSSR count). The third-order valence-electron chi connectivity index (χ3n) is 1.82. The summed E-state index contributed by atoms with van der Waals surface area (Å²) in [6.45, 7) is 2.09. The van der Waals surface area contributed by atoms with E-state index >= 15 is 0 Å². The molecule has 1 aromatic carbocycles. The molecule has 88 valence electrons. The maximum Gasteiger partial charge on any atom is 0.335 e. The van der Waals surface area contributed by atoms with Crippen LogP contribution in [0.2, 0.25) is 0 Å². The van der Waals surface area contributed by atoms with E-state index in [1.54, 1.807) is 6.92 Å². The van der Waals surface area contributed by atoms with Crippen molar-refractivity contribution in [2.75, 3.05) is 12.5 Å². The van der Waals surface area contributed by atoms with Crippen molar-refractivity contribution in [3.63, 3.8) is 0 Å². The van der Waals surface area contributed by atoms with Crippen molar-refractivity contribution in [1.29, 1.82) is 0 Å². The van der Waals surface area contributed by atoms with Gasteiger partial charge in [-0.3, -0.25) is 4.21 Å². The molecule has 0 radical (unpaired) electrons. The van der Waals surface area contributed by atoms with Gasteiger partial charge in [0.1, 0.15) is 11.8 Å². The molecule has 0 saturated carbocycles. The van der Waals surface area contributed by atoms with E-state index in [2.05, 4.69) is 0 Å². The summed E-state index contributed by atoms with van der Waals surface area (Å²) in [7, 11) is -1.68. The highest BCUT2D eigenvalue weighted by molar-refractivity contribution is 7.84. The molecule has 1 atom stereocenters. The molecule has 0 heterocycles. The van der Waals surface area contributed by atoms with Gasteiger partial charge >= 0.3 is 5.97 Å². The third-order valence-corrected chi connectivity index (χ3v) is 3.00. The molecular weight excluding hydrogens is 235 g/mol.